The van der Waals surface area contributed by atoms with Crippen LogP contribution in [0.2, 0.25) is 5.02 Å². The number of ether oxygens (including phenoxy) is 2. The summed E-state index contributed by atoms with van der Waals surface area (Å²) >= 11 is 6.37. The van der Waals surface area contributed by atoms with Crippen molar-refractivity contribution in [2.75, 3.05) is 13.2 Å². The van der Waals surface area contributed by atoms with Gasteiger partial charge in [0, 0.05) is 24.4 Å². The molecule has 15 heteroatoms. The minimum absolute atomic E-state index is 0.0344. The van der Waals surface area contributed by atoms with Crippen molar-refractivity contribution in [3.63, 3.8) is 0 Å². The SMILES string of the molecule is CCOc1ccc(-c2nnn([C@@H]3C[C@H]4C(=O)N[C@]5(C(=O)O)C[C@H]5C=CCCCCC[C@H](NC(=O)OC(C)(C)C)C(=O)N4C3)n2)cc1Cl. The van der Waals surface area contributed by atoms with E-state index in [0.29, 0.717) is 35.8 Å². The minimum Gasteiger partial charge on any atom is -0.492 e. The van der Waals surface area contributed by atoms with Crippen LogP contribution in [0.5, 0.6) is 5.75 Å². The zero-order chi connectivity index (χ0) is 33.9. The molecule has 3 N–H and O–H groups in total. The molecule has 1 saturated heterocycles. The Bertz CT molecular complexity index is 1540. The number of amides is 3. The number of carbonyl (C=O) groups excluding carboxylic acids is 3. The number of tetrazole rings is 1. The van der Waals surface area contributed by atoms with Crippen molar-refractivity contribution >= 4 is 35.5 Å². The van der Waals surface area contributed by atoms with Gasteiger partial charge < -0.3 is 30.1 Å². The molecule has 1 saturated carbocycles. The number of fused-ring (bicyclic) bond motifs is 2. The van der Waals surface area contributed by atoms with Crippen molar-refractivity contribution in [1.82, 2.24) is 35.7 Å². The maximum absolute atomic E-state index is 14.2. The summed E-state index contributed by atoms with van der Waals surface area (Å²) < 4.78 is 11.0. The van der Waals surface area contributed by atoms with Gasteiger partial charge in [0.15, 0.2) is 0 Å². The Morgan fingerprint density at radius 1 is 1.21 bits per heavy atom. The molecule has 254 valence electrons. The molecule has 0 spiro atoms. The summed E-state index contributed by atoms with van der Waals surface area (Å²) in [5.41, 5.74) is -1.62. The molecule has 0 unspecified atom stereocenters. The van der Waals surface area contributed by atoms with E-state index in [-0.39, 0.29) is 31.1 Å². The molecule has 0 bridgehead atoms. The maximum Gasteiger partial charge on any atom is 0.408 e. The monoisotopic (exact) mass is 671 g/mol. The lowest BCUT2D eigenvalue weighted by Gasteiger charge is -2.30. The van der Waals surface area contributed by atoms with Crippen LogP contribution in [0, 0.1) is 5.92 Å². The van der Waals surface area contributed by atoms with E-state index in [1.807, 2.05) is 19.1 Å². The van der Waals surface area contributed by atoms with Crippen LogP contribution in [-0.4, -0.2) is 90.5 Å². The fraction of sp³-hybridized carbons (Fsp3) is 0.594. The zero-order valence-electron chi connectivity index (χ0n) is 27.1. The van der Waals surface area contributed by atoms with Crippen molar-refractivity contribution in [2.24, 2.45) is 5.92 Å². The predicted octanol–water partition coefficient (Wildman–Crippen LogP) is 3.91. The number of benzene rings is 1. The topological polar surface area (TPSA) is 178 Å². The van der Waals surface area contributed by atoms with E-state index < -0.39 is 53.1 Å². The molecular weight excluding hydrogens is 630 g/mol. The second-order valence-corrected chi connectivity index (χ2v) is 13.7. The predicted molar refractivity (Wildman–Crippen MR) is 171 cm³/mol. The second-order valence-electron chi connectivity index (χ2n) is 13.2. The highest BCUT2D eigenvalue weighted by Crippen LogP contribution is 2.45. The first-order chi connectivity index (χ1) is 22.3. The van der Waals surface area contributed by atoms with Gasteiger partial charge in [-0.15, -0.1) is 10.2 Å². The molecule has 1 aromatic heterocycles. The first kappa shape index (κ1) is 34.1. The lowest BCUT2D eigenvalue weighted by atomic mass is 10.0. The summed E-state index contributed by atoms with van der Waals surface area (Å²) in [5, 5.41) is 28.9. The number of nitrogens with zero attached hydrogens (tertiary/aromatic N) is 5. The molecule has 5 rings (SSSR count). The molecule has 3 aliphatic rings. The number of rotatable bonds is 6. The van der Waals surface area contributed by atoms with E-state index in [1.165, 1.54) is 9.70 Å². The highest BCUT2D eigenvalue weighted by molar-refractivity contribution is 6.32. The molecule has 1 aromatic carbocycles. The van der Waals surface area contributed by atoms with Crippen LogP contribution in [0.4, 0.5) is 4.79 Å². The number of carboxylic acid groups (broad SMARTS) is 1. The summed E-state index contributed by atoms with van der Waals surface area (Å²) in [4.78, 5) is 56.0. The number of carbonyl (C=O) groups is 4. The number of nitrogens with one attached hydrogen (secondary N) is 2. The number of aliphatic carboxylic acids is 1. The Balaban J connectivity index is 1.44. The van der Waals surface area contributed by atoms with E-state index in [0.717, 1.165) is 19.3 Å². The largest absolute Gasteiger partial charge is 0.492 e. The molecule has 3 amide bonds. The van der Waals surface area contributed by atoms with Crippen LogP contribution >= 0.6 is 11.6 Å². The molecule has 0 radical (unpaired) electrons. The summed E-state index contributed by atoms with van der Waals surface area (Å²) in [7, 11) is 0. The molecule has 2 aromatic rings. The van der Waals surface area contributed by atoms with Gasteiger partial charge in [-0.25, -0.2) is 9.59 Å². The van der Waals surface area contributed by atoms with Crippen molar-refractivity contribution in [1.29, 1.82) is 0 Å². The van der Waals surface area contributed by atoms with Gasteiger partial charge in [0.2, 0.25) is 17.6 Å². The molecule has 1 aliphatic carbocycles. The van der Waals surface area contributed by atoms with Crippen LogP contribution in [0.3, 0.4) is 0 Å². The lowest BCUT2D eigenvalue weighted by Crippen LogP contribution is -2.56. The Labute approximate surface area is 278 Å². The Morgan fingerprint density at radius 3 is 2.70 bits per heavy atom. The third-order valence-electron chi connectivity index (χ3n) is 8.57. The number of hydrogen-bond donors (Lipinski definition) is 3. The van der Waals surface area contributed by atoms with Gasteiger partial charge in [-0.1, -0.05) is 36.6 Å². The molecule has 2 fully saturated rings. The number of halogens is 1. The van der Waals surface area contributed by atoms with Crippen molar-refractivity contribution in [3.8, 4) is 17.1 Å². The fourth-order valence-corrected chi connectivity index (χ4v) is 6.34. The number of hydrogen-bond acceptors (Lipinski definition) is 9. The van der Waals surface area contributed by atoms with Crippen molar-refractivity contribution in [2.45, 2.75) is 102 Å². The van der Waals surface area contributed by atoms with Crippen LogP contribution in [0.1, 0.15) is 78.7 Å². The van der Waals surface area contributed by atoms with Gasteiger partial charge in [-0.3, -0.25) is 9.59 Å². The fourth-order valence-electron chi connectivity index (χ4n) is 6.10. The molecular formula is C32H42ClN7O7. The van der Waals surface area contributed by atoms with Crippen LogP contribution in [-0.2, 0) is 19.1 Å². The first-order valence-corrected chi connectivity index (χ1v) is 16.4. The number of alkyl carbamates (subject to hydrolysis) is 1. The Kier molecular flexibility index (Phi) is 10.1. The number of carboxylic acids is 1. The standard InChI is InChI=1S/C32H42ClN7O7/c1-5-46-25-14-13-19(15-22(25)33)26-36-38-40(37-26)21-16-24-27(41)35-32(29(43)44)17-20(32)11-9-7-6-8-10-12-23(28(42)39(24)18-21)34-30(45)47-31(2,3)4/h9,11,13-15,20-21,23-24H,5-8,10,12,16-18H2,1-4H3,(H,34,45)(H,35,41)(H,43,44)/t20-,21-,23+,24+,32-/m1/s1. The number of aromatic nitrogens is 4. The minimum atomic E-state index is -1.44. The van der Waals surface area contributed by atoms with Gasteiger partial charge >= 0.3 is 12.1 Å². The lowest BCUT2D eigenvalue weighted by molar-refractivity contribution is -0.145. The maximum atomic E-state index is 14.2. The molecule has 2 aliphatic heterocycles. The molecule has 3 heterocycles. The third kappa shape index (κ3) is 7.86. The van der Waals surface area contributed by atoms with E-state index >= 15 is 0 Å². The highest BCUT2D eigenvalue weighted by atomic mass is 35.5. The zero-order valence-corrected chi connectivity index (χ0v) is 27.8. The summed E-state index contributed by atoms with van der Waals surface area (Å²) in [5.74, 6) is -1.73. The third-order valence-corrected chi connectivity index (χ3v) is 8.87. The average Bonchev–Trinajstić information content (AvgIpc) is 3.32. The number of allylic oxidation sites excluding steroid dienone is 1. The summed E-state index contributed by atoms with van der Waals surface area (Å²) in [6, 6.07) is 2.57. The normalized spacial score (nSPS) is 26.7. The van der Waals surface area contributed by atoms with Gasteiger partial charge in [-0.2, -0.15) is 4.80 Å². The van der Waals surface area contributed by atoms with E-state index in [4.69, 9.17) is 21.1 Å². The molecule has 47 heavy (non-hydrogen) atoms. The first-order valence-electron chi connectivity index (χ1n) is 16.1. The average molecular weight is 672 g/mol. The molecule has 14 nitrogen and oxygen atoms in total. The van der Waals surface area contributed by atoms with Crippen LogP contribution < -0.4 is 15.4 Å². The Hall–Kier alpha value is -4.20. The second kappa shape index (κ2) is 13.9. The highest BCUT2D eigenvalue weighted by Gasteiger charge is 2.61. The van der Waals surface area contributed by atoms with Gasteiger partial charge in [0.1, 0.15) is 29.0 Å². The van der Waals surface area contributed by atoms with E-state index in [2.05, 4.69) is 26.0 Å². The van der Waals surface area contributed by atoms with E-state index in [1.54, 1.807) is 39.0 Å². The quantitative estimate of drug-likeness (QED) is 0.382. The van der Waals surface area contributed by atoms with Crippen LogP contribution in [0.25, 0.3) is 11.4 Å². The smallest absolute Gasteiger partial charge is 0.408 e. The van der Waals surface area contributed by atoms with Gasteiger partial charge in [-0.05, 0) is 76.8 Å². The summed E-state index contributed by atoms with van der Waals surface area (Å²) in [6.07, 6.45) is 6.78. The van der Waals surface area contributed by atoms with Crippen molar-refractivity contribution < 1.29 is 33.8 Å². The van der Waals surface area contributed by atoms with E-state index in [9.17, 15) is 24.3 Å². The Morgan fingerprint density at radius 2 is 2.00 bits per heavy atom. The van der Waals surface area contributed by atoms with Crippen molar-refractivity contribution in [3.05, 3.63) is 35.4 Å². The summed E-state index contributed by atoms with van der Waals surface area (Å²) in [6.45, 7) is 7.54. The van der Waals surface area contributed by atoms with Gasteiger partial charge in [0.05, 0.1) is 17.7 Å². The van der Waals surface area contributed by atoms with Gasteiger partial charge in [0.25, 0.3) is 0 Å². The van der Waals surface area contributed by atoms with Crippen LogP contribution in [0.15, 0.2) is 30.4 Å². The molecule has 5 atom stereocenters.